The Morgan fingerprint density at radius 3 is 1.35 bits per heavy atom. The predicted octanol–water partition coefficient (Wildman–Crippen LogP) is 6.10. The molecule has 0 aliphatic rings. The van der Waals surface area contributed by atoms with Crippen molar-refractivity contribution in [3.05, 3.63) is 0 Å². The Balaban J connectivity index is 2.94. The van der Waals surface area contributed by atoms with Crippen LogP contribution in [0.4, 0.5) is 0 Å². The number of unbranched alkanes of at least 4 members (excludes halogenated alkanes) is 4. The molecule has 0 amide bonds. The van der Waals surface area contributed by atoms with Gasteiger partial charge in [-0.05, 0) is 37.0 Å². The van der Waals surface area contributed by atoms with E-state index in [1.807, 2.05) is 0 Å². The molecule has 17 heavy (non-hydrogen) atoms. The van der Waals surface area contributed by atoms with Gasteiger partial charge in [-0.3, -0.25) is 0 Å². The molecule has 0 aliphatic carbocycles. The van der Waals surface area contributed by atoms with E-state index in [0.29, 0.717) is 0 Å². The van der Waals surface area contributed by atoms with Crippen molar-refractivity contribution in [1.82, 2.24) is 0 Å². The zero-order valence-electron chi connectivity index (χ0n) is 12.7. The third-order valence-corrected chi connectivity index (χ3v) is 4.68. The first-order chi connectivity index (χ1) is 8.13. The minimum absolute atomic E-state index is 0.901. The van der Waals surface area contributed by atoms with Crippen molar-refractivity contribution < 1.29 is 0 Å². The van der Waals surface area contributed by atoms with E-state index in [4.69, 9.17) is 0 Å². The quantitative estimate of drug-likeness (QED) is 0.293. The summed E-state index contributed by atoms with van der Waals surface area (Å²) in [6.45, 7) is 9.33. The van der Waals surface area contributed by atoms with Gasteiger partial charge in [0.25, 0.3) is 0 Å². The predicted molar refractivity (Wildman–Crippen MR) is 84.7 cm³/mol. The fraction of sp³-hybridized carbons (Fsp3) is 1.00. The first kappa shape index (κ1) is 17.4. The van der Waals surface area contributed by atoms with Crippen molar-refractivity contribution >= 4 is 8.58 Å². The van der Waals surface area contributed by atoms with Gasteiger partial charge < -0.3 is 0 Å². The van der Waals surface area contributed by atoms with Gasteiger partial charge in [-0.25, -0.2) is 0 Å². The number of hydrogen-bond donors (Lipinski definition) is 0. The van der Waals surface area contributed by atoms with Crippen molar-refractivity contribution in [3.63, 3.8) is 0 Å². The lowest BCUT2D eigenvalue weighted by Crippen LogP contribution is -1.89. The maximum absolute atomic E-state index is 2.33. The summed E-state index contributed by atoms with van der Waals surface area (Å²) >= 11 is 0. The molecule has 0 saturated carbocycles. The van der Waals surface area contributed by atoms with Crippen LogP contribution in [0.25, 0.3) is 0 Å². The Kier molecular flexibility index (Phi) is 13.2. The largest absolute Gasteiger partial charge is 0.122 e. The smallest absolute Gasteiger partial charge is 0.0353 e. The molecule has 0 aromatic heterocycles. The van der Waals surface area contributed by atoms with Gasteiger partial charge >= 0.3 is 0 Å². The first-order valence-electron chi connectivity index (χ1n) is 7.83. The summed E-state index contributed by atoms with van der Waals surface area (Å²) in [5.74, 6) is 1.80. The zero-order valence-corrected chi connectivity index (χ0v) is 13.7. The highest BCUT2D eigenvalue weighted by Gasteiger charge is 1.96. The molecule has 0 fully saturated rings. The highest BCUT2D eigenvalue weighted by Crippen LogP contribution is 2.18. The molecule has 104 valence electrons. The Labute approximate surface area is 112 Å². The number of hydrogen-bond acceptors (Lipinski definition) is 0. The van der Waals surface area contributed by atoms with Crippen molar-refractivity contribution in [2.24, 2.45) is 11.8 Å². The molecular formula is C16H35P. The van der Waals surface area contributed by atoms with E-state index >= 15 is 0 Å². The van der Waals surface area contributed by atoms with Crippen molar-refractivity contribution in [2.45, 2.75) is 79.1 Å². The van der Waals surface area contributed by atoms with Gasteiger partial charge in [0.1, 0.15) is 0 Å². The van der Waals surface area contributed by atoms with E-state index in [1.165, 1.54) is 72.3 Å². The minimum atomic E-state index is 0.901. The van der Waals surface area contributed by atoms with Gasteiger partial charge in [-0.15, -0.1) is 8.58 Å². The van der Waals surface area contributed by atoms with Crippen LogP contribution in [0.2, 0.25) is 0 Å². The third-order valence-electron chi connectivity index (χ3n) is 3.27. The van der Waals surface area contributed by atoms with E-state index in [1.54, 1.807) is 0 Å². The van der Waals surface area contributed by atoms with E-state index in [-0.39, 0.29) is 0 Å². The second-order valence-electron chi connectivity index (χ2n) is 6.24. The van der Waals surface area contributed by atoms with Gasteiger partial charge in [0.15, 0.2) is 0 Å². The molecule has 0 rings (SSSR count). The van der Waals surface area contributed by atoms with Crippen LogP contribution in [0.1, 0.15) is 79.1 Å². The van der Waals surface area contributed by atoms with Crippen LogP contribution in [0.5, 0.6) is 0 Å². The molecule has 1 heteroatoms. The highest BCUT2D eigenvalue weighted by molar-refractivity contribution is 7.37. The van der Waals surface area contributed by atoms with Gasteiger partial charge in [-0.1, -0.05) is 66.2 Å². The summed E-state index contributed by atoms with van der Waals surface area (Å²) in [6.07, 6.45) is 14.7. The second-order valence-corrected chi connectivity index (χ2v) is 7.74. The molecule has 0 atom stereocenters. The fourth-order valence-electron chi connectivity index (χ4n) is 2.08. The van der Waals surface area contributed by atoms with E-state index in [0.717, 1.165) is 11.8 Å². The Morgan fingerprint density at radius 2 is 1.00 bits per heavy atom. The fourth-order valence-corrected chi connectivity index (χ4v) is 3.33. The molecule has 0 bridgehead atoms. The van der Waals surface area contributed by atoms with Crippen LogP contribution in [-0.2, 0) is 0 Å². The molecule has 0 unspecified atom stereocenters. The number of rotatable bonds is 12. The van der Waals surface area contributed by atoms with Crippen molar-refractivity contribution in [2.75, 3.05) is 12.3 Å². The van der Waals surface area contributed by atoms with Gasteiger partial charge in [0.05, 0.1) is 0 Å². The van der Waals surface area contributed by atoms with E-state index < -0.39 is 0 Å². The lowest BCUT2D eigenvalue weighted by atomic mass is 10.1. The molecule has 0 aliphatic heterocycles. The zero-order chi connectivity index (χ0) is 12.9. The summed E-state index contributed by atoms with van der Waals surface area (Å²) in [6, 6.07) is 0. The summed E-state index contributed by atoms with van der Waals surface area (Å²) < 4.78 is 0. The van der Waals surface area contributed by atoms with Crippen LogP contribution in [0, 0.1) is 11.8 Å². The minimum Gasteiger partial charge on any atom is -0.122 e. The lowest BCUT2D eigenvalue weighted by molar-refractivity contribution is 0.534. The first-order valence-corrected chi connectivity index (χ1v) is 9.25. The normalized spacial score (nSPS) is 11.6. The van der Waals surface area contributed by atoms with Crippen LogP contribution in [0.3, 0.4) is 0 Å². The Bertz CT molecular complexity index is 124. The molecule has 0 spiro atoms. The van der Waals surface area contributed by atoms with E-state index in [9.17, 15) is 0 Å². The van der Waals surface area contributed by atoms with Gasteiger partial charge in [-0.2, -0.15) is 0 Å². The average Bonchev–Trinajstić information content (AvgIpc) is 2.25. The van der Waals surface area contributed by atoms with Crippen molar-refractivity contribution in [1.29, 1.82) is 0 Å². The van der Waals surface area contributed by atoms with Crippen LogP contribution in [0.15, 0.2) is 0 Å². The summed E-state index contributed by atoms with van der Waals surface area (Å²) in [5.41, 5.74) is 0. The SMILES string of the molecule is CC(C)CCCCCPCCCCCC(C)C. The monoisotopic (exact) mass is 258 g/mol. The molecule has 0 heterocycles. The summed E-state index contributed by atoms with van der Waals surface area (Å²) in [7, 11) is 1.24. The lowest BCUT2D eigenvalue weighted by Gasteiger charge is -2.05. The van der Waals surface area contributed by atoms with Crippen LogP contribution < -0.4 is 0 Å². The topological polar surface area (TPSA) is 0 Å². The van der Waals surface area contributed by atoms with Gasteiger partial charge in [0, 0.05) is 0 Å². The molecule has 0 aromatic rings. The summed E-state index contributed by atoms with van der Waals surface area (Å²) in [5, 5.41) is 0. The Morgan fingerprint density at radius 1 is 0.588 bits per heavy atom. The molecule has 0 nitrogen and oxygen atoms in total. The maximum atomic E-state index is 2.33. The van der Waals surface area contributed by atoms with Crippen molar-refractivity contribution in [3.8, 4) is 0 Å². The maximum Gasteiger partial charge on any atom is -0.0353 e. The molecule has 0 aromatic carbocycles. The second kappa shape index (κ2) is 12.9. The van der Waals surface area contributed by atoms with Gasteiger partial charge in [0.2, 0.25) is 0 Å². The van der Waals surface area contributed by atoms with E-state index in [2.05, 4.69) is 27.7 Å². The van der Waals surface area contributed by atoms with Crippen LogP contribution >= 0.6 is 8.58 Å². The molecular weight excluding hydrogens is 223 g/mol. The van der Waals surface area contributed by atoms with Crippen LogP contribution in [-0.4, -0.2) is 12.3 Å². The summed E-state index contributed by atoms with van der Waals surface area (Å²) in [4.78, 5) is 0. The molecule has 0 radical (unpaired) electrons. The molecule has 0 N–H and O–H groups in total. The average molecular weight is 258 g/mol. The Hall–Kier alpha value is 0.430. The standard InChI is InChI=1S/C16H35P/c1-15(2)11-7-5-9-13-17-14-10-6-8-12-16(3)4/h15-17H,5-14H2,1-4H3. The highest BCUT2D eigenvalue weighted by atomic mass is 31.1. The molecule has 0 saturated heterocycles. The third kappa shape index (κ3) is 16.4.